The minimum absolute atomic E-state index is 0.843. The van der Waals surface area contributed by atoms with E-state index in [9.17, 15) is 0 Å². The van der Waals surface area contributed by atoms with Gasteiger partial charge in [-0.3, -0.25) is 5.43 Å². The van der Waals surface area contributed by atoms with Crippen LogP contribution < -0.4 is 10.3 Å². The minimum Gasteiger partial charge on any atom is -0.370 e. The SMILES string of the molecule is CC(C)=NNc1nc2c(N3CCC(C)CC3)cccc2s1. The fourth-order valence-electron chi connectivity index (χ4n) is 2.65. The van der Waals surface area contributed by atoms with E-state index in [1.807, 2.05) is 13.8 Å². The number of anilines is 2. The monoisotopic (exact) mass is 302 g/mol. The third-order valence-corrected chi connectivity index (χ3v) is 4.82. The number of piperidine rings is 1. The molecule has 0 radical (unpaired) electrons. The Labute approximate surface area is 129 Å². The van der Waals surface area contributed by atoms with Crippen molar-refractivity contribution in [2.24, 2.45) is 11.0 Å². The van der Waals surface area contributed by atoms with Crippen LogP contribution in [0.3, 0.4) is 0 Å². The summed E-state index contributed by atoms with van der Waals surface area (Å²) >= 11 is 1.66. The van der Waals surface area contributed by atoms with Gasteiger partial charge in [0.2, 0.25) is 5.13 Å². The molecule has 1 fully saturated rings. The summed E-state index contributed by atoms with van der Waals surface area (Å²) in [5.74, 6) is 0.843. The Morgan fingerprint density at radius 1 is 1.33 bits per heavy atom. The molecule has 1 aromatic heterocycles. The van der Waals surface area contributed by atoms with Gasteiger partial charge in [0.25, 0.3) is 0 Å². The molecule has 112 valence electrons. The number of hydrogen-bond donors (Lipinski definition) is 1. The van der Waals surface area contributed by atoms with Crippen LogP contribution in [0.4, 0.5) is 10.8 Å². The van der Waals surface area contributed by atoms with Gasteiger partial charge in [-0.2, -0.15) is 5.10 Å². The van der Waals surface area contributed by atoms with Crippen molar-refractivity contribution in [1.82, 2.24) is 4.98 Å². The number of hydrogen-bond acceptors (Lipinski definition) is 5. The van der Waals surface area contributed by atoms with Crippen molar-refractivity contribution >= 4 is 38.1 Å². The molecule has 0 unspecified atom stereocenters. The summed E-state index contributed by atoms with van der Waals surface area (Å²) in [4.78, 5) is 7.21. The first kappa shape index (κ1) is 14.3. The first-order valence-corrected chi connectivity index (χ1v) is 8.36. The van der Waals surface area contributed by atoms with Gasteiger partial charge in [-0.25, -0.2) is 4.98 Å². The van der Waals surface area contributed by atoms with Crippen LogP contribution in [-0.4, -0.2) is 23.8 Å². The Bertz CT molecular complexity index is 649. The average molecular weight is 302 g/mol. The molecule has 0 atom stereocenters. The summed E-state index contributed by atoms with van der Waals surface area (Å²) in [6, 6.07) is 6.46. The lowest BCUT2D eigenvalue weighted by Crippen LogP contribution is -2.32. The molecule has 3 rings (SSSR count). The van der Waals surface area contributed by atoms with Gasteiger partial charge in [0.1, 0.15) is 5.52 Å². The largest absolute Gasteiger partial charge is 0.370 e. The summed E-state index contributed by atoms with van der Waals surface area (Å²) in [7, 11) is 0. The van der Waals surface area contributed by atoms with Gasteiger partial charge in [-0.05, 0) is 44.7 Å². The number of benzene rings is 1. The van der Waals surface area contributed by atoms with Gasteiger partial charge >= 0.3 is 0 Å². The molecule has 0 spiro atoms. The van der Waals surface area contributed by atoms with Crippen LogP contribution in [-0.2, 0) is 0 Å². The fourth-order valence-corrected chi connectivity index (χ4v) is 3.48. The quantitative estimate of drug-likeness (QED) is 0.677. The van der Waals surface area contributed by atoms with Crippen LogP contribution in [0, 0.1) is 5.92 Å². The molecule has 1 aromatic carbocycles. The molecular formula is C16H22N4S. The summed E-state index contributed by atoms with van der Waals surface area (Å²) in [6.45, 7) is 8.55. The zero-order chi connectivity index (χ0) is 14.8. The van der Waals surface area contributed by atoms with Crippen molar-refractivity contribution < 1.29 is 0 Å². The zero-order valence-electron chi connectivity index (χ0n) is 12.9. The van der Waals surface area contributed by atoms with E-state index in [4.69, 9.17) is 4.98 Å². The maximum atomic E-state index is 4.74. The molecule has 0 bridgehead atoms. The van der Waals surface area contributed by atoms with Crippen molar-refractivity contribution in [1.29, 1.82) is 0 Å². The highest BCUT2D eigenvalue weighted by Gasteiger charge is 2.19. The molecule has 0 saturated carbocycles. The van der Waals surface area contributed by atoms with Gasteiger partial charge < -0.3 is 4.90 Å². The highest BCUT2D eigenvalue weighted by atomic mass is 32.1. The molecule has 2 aromatic rings. The summed E-state index contributed by atoms with van der Waals surface area (Å²) < 4.78 is 1.22. The Hall–Kier alpha value is -1.62. The predicted octanol–water partition coefficient (Wildman–Crippen LogP) is 4.34. The molecule has 1 saturated heterocycles. The molecule has 21 heavy (non-hydrogen) atoms. The average Bonchev–Trinajstić information content (AvgIpc) is 2.89. The van der Waals surface area contributed by atoms with Gasteiger partial charge in [-0.1, -0.05) is 24.3 Å². The summed E-state index contributed by atoms with van der Waals surface area (Å²) in [5, 5.41) is 5.11. The van der Waals surface area contributed by atoms with Crippen molar-refractivity contribution in [2.45, 2.75) is 33.6 Å². The minimum atomic E-state index is 0.843. The first-order chi connectivity index (χ1) is 10.1. The van der Waals surface area contributed by atoms with Crippen LogP contribution in [0.2, 0.25) is 0 Å². The second-order valence-electron chi connectivity index (χ2n) is 5.98. The van der Waals surface area contributed by atoms with Crippen LogP contribution in [0.15, 0.2) is 23.3 Å². The number of nitrogens with zero attached hydrogens (tertiary/aromatic N) is 3. The molecule has 1 aliphatic heterocycles. The molecule has 0 amide bonds. The van der Waals surface area contributed by atoms with E-state index in [-0.39, 0.29) is 0 Å². The molecular weight excluding hydrogens is 280 g/mol. The van der Waals surface area contributed by atoms with Gasteiger partial charge in [0.15, 0.2) is 0 Å². The fraction of sp³-hybridized carbons (Fsp3) is 0.500. The topological polar surface area (TPSA) is 40.5 Å². The standard InChI is InChI=1S/C16H22N4S/c1-11(2)18-19-16-17-15-13(5-4-6-14(15)21-16)20-9-7-12(3)8-10-20/h4-6,12H,7-10H2,1-3H3,(H,17,19). The molecule has 4 nitrogen and oxygen atoms in total. The second-order valence-corrected chi connectivity index (χ2v) is 7.01. The van der Waals surface area contributed by atoms with Crippen LogP contribution in [0.5, 0.6) is 0 Å². The van der Waals surface area contributed by atoms with Crippen molar-refractivity contribution in [3.05, 3.63) is 18.2 Å². The lowest BCUT2D eigenvalue weighted by atomic mass is 9.99. The molecule has 1 N–H and O–H groups in total. The normalized spacial score (nSPS) is 16.2. The number of thiazole rings is 1. The van der Waals surface area contributed by atoms with Crippen LogP contribution in [0.1, 0.15) is 33.6 Å². The Morgan fingerprint density at radius 3 is 2.81 bits per heavy atom. The molecule has 2 heterocycles. The third kappa shape index (κ3) is 3.18. The predicted molar refractivity (Wildman–Crippen MR) is 92.6 cm³/mol. The van der Waals surface area contributed by atoms with Crippen LogP contribution in [0.25, 0.3) is 10.2 Å². The second kappa shape index (κ2) is 6.02. The number of aromatic nitrogens is 1. The summed E-state index contributed by atoms with van der Waals surface area (Å²) in [5.41, 5.74) is 6.41. The van der Waals surface area contributed by atoms with Crippen molar-refractivity contribution in [3.8, 4) is 0 Å². The van der Waals surface area contributed by atoms with Crippen molar-refractivity contribution in [3.63, 3.8) is 0 Å². The smallest absolute Gasteiger partial charge is 0.204 e. The lowest BCUT2D eigenvalue weighted by molar-refractivity contribution is 0.439. The van der Waals surface area contributed by atoms with E-state index in [1.165, 1.54) is 23.2 Å². The highest BCUT2D eigenvalue weighted by molar-refractivity contribution is 7.22. The van der Waals surface area contributed by atoms with Gasteiger partial charge in [-0.15, -0.1) is 0 Å². The Balaban J connectivity index is 1.90. The summed E-state index contributed by atoms with van der Waals surface area (Å²) in [6.07, 6.45) is 2.54. The number of rotatable bonds is 3. The Kier molecular flexibility index (Phi) is 4.10. The van der Waals surface area contributed by atoms with E-state index in [0.29, 0.717) is 0 Å². The van der Waals surface area contributed by atoms with E-state index in [2.05, 4.69) is 40.5 Å². The number of nitrogens with one attached hydrogen (secondary N) is 1. The highest BCUT2D eigenvalue weighted by Crippen LogP contribution is 2.34. The van der Waals surface area contributed by atoms with Crippen molar-refractivity contribution in [2.75, 3.05) is 23.4 Å². The number of fused-ring (bicyclic) bond motifs is 1. The van der Waals surface area contributed by atoms with Crippen LogP contribution >= 0.6 is 11.3 Å². The van der Waals surface area contributed by atoms with E-state index < -0.39 is 0 Å². The maximum absolute atomic E-state index is 4.74. The third-order valence-electron chi connectivity index (χ3n) is 3.90. The van der Waals surface area contributed by atoms with Gasteiger partial charge in [0.05, 0.1) is 10.4 Å². The maximum Gasteiger partial charge on any atom is 0.204 e. The number of para-hydroxylation sites is 1. The lowest BCUT2D eigenvalue weighted by Gasteiger charge is -2.32. The Morgan fingerprint density at radius 2 is 2.10 bits per heavy atom. The molecule has 5 heteroatoms. The number of hydrazone groups is 1. The van der Waals surface area contributed by atoms with E-state index in [0.717, 1.165) is 35.4 Å². The van der Waals surface area contributed by atoms with E-state index >= 15 is 0 Å². The molecule has 1 aliphatic rings. The molecule has 0 aliphatic carbocycles. The zero-order valence-corrected chi connectivity index (χ0v) is 13.7. The first-order valence-electron chi connectivity index (χ1n) is 7.55. The van der Waals surface area contributed by atoms with E-state index in [1.54, 1.807) is 11.3 Å². The van der Waals surface area contributed by atoms with Gasteiger partial charge in [0, 0.05) is 18.8 Å².